The highest BCUT2D eigenvalue weighted by Gasteiger charge is 2.33. The van der Waals surface area contributed by atoms with E-state index in [-0.39, 0.29) is 11.8 Å². The average Bonchev–Trinajstić information content (AvgIpc) is 3.00. The Hall–Kier alpha value is -2.11. The van der Waals surface area contributed by atoms with Crippen molar-refractivity contribution in [1.29, 1.82) is 0 Å². The lowest BCUT2D eigenvalue weighted by Gasteiger charge is -2.24. The minimum absolute atomic E-state index is 0.00860. The van der Waals surface area contributed by atoms with Gasteiger partial charge in [-0.2, -0.15) is 0 Å². The Morgan fingerprint density at radius 2 is 2.17 bits per heavy atom. The number of halogens is 1. The van der Waals surface area contributed by atoms with Crippen LogP contribution in [0.3, 0.4) is 0 Å². The number of benzene rings is 1. The lowest BCUT2D eigenvalue weighted by Crippen LogP contribution is -2.43. The summed E-state index contributed by atoms with van der Waals surface area (Å²) in [6.45, 7) is 4.71. The van der Waals surface area contributed by atoms with E-state index in [0.29, 0.717) is 37.4 Å². The Labute approximate surface area is 135 Å². The van der Waals surface area contributed by atoms with Gasteiger partial charge >= 0.3 is 0 Å². The monoisotopic (exact) mass is 322 g/mol. The normalized spacial score (nSPS) is 17.2. The molecule has 0 saturated carbocycles. The molecule has 1 heterocycles. The van der Waals surface area contributed by atoms with Crippen molar-refractivity contribution >= 4 is 17.5 Å². The van der Waals surface area contributed by atoms with Gasteiger partial charge in [-0.1, -0.05) is 6.92 Å². The van der Waals surface area contributed by atoms with Gasteiger partial charge in [-0.25, -0.2) is 4.39 Å². The van der Waals surface area contributed by atoms with Crippen molar-refractivity contribution in [3.05, 3.63) is 24.0 Å². The zero-order valence-corrected chi connectivity index (χ0v) is 13.6. The van der Waals surface area contributed by atoms with Crippen LogP contribution >= 0.6 is 0 Å². The summed E-state index contributed by atoms with van der Waals surface area (Å²) in [6.07, 6.45) is 2.67. The molecule has 0 spiro atoms. The highest BCUT2D eigenvalue weighted by Crippen LogP contribution is 2.27. The summed E-state index contributed by atoms with van der Waals surface area (Å²) >= 11 is 0. The molecule has 1 aromatic carbocycles. The number of amides is 2. The highest BCUT2D eigenvalue weighted by atomic mass is 19.1. The van der Waals surface area contributed by atoms with E-state index in [1.165, 1.54) is 18.2 Å². The van der Waals surface area contributed by atoms with Gasteiger partial charge in [0, 0.05) is 19.0 Å². The van der Waals surface area contributed by atoms with Gasteiger partial charge in [0.2, 0.25) is 11.8 Å². The number of anilines is 1. The first-order valence-corrected chi connectivity index (χ1v) is 8.09. The third-order valence-corrected chi connectivity index (χ3v) is 3.84. The van der Waals surface area contributed by atoms with E-state index in [0.717, 1.165) is 12.8 Å². The molecule has 126 valence electrons. The standard InChI is InChI=1S/C17H23FN2O3/c1-3-6-16(21)20-10-5-7-14(20)17(22)19-13-9-8-12(18)11-15(13)23-4-2/h8-9,11,14H,3-7,10H2,1-2H3,(H,19,22). The third kappa shape index (κ3) is 4.21. The molecular weight excluding hydrogens is 299 g/mol. The summed E-state index contributed by atoms with van der Waals surface area (Å²) in [7, 11) is 0. The summed E-state index contributed by atoms with van der Waals surface area (Å²) in [5, 5.41) is 2.77. The van der Waals surface area contributed by atoms with E-state index >= 15 is 0 Å². The minimum Gasteiger partial charge on any atom is -0.492 e. The maximum absolute atomic E-state index is 13.3. The first kappa shape index (κ1) is 17.2. The number of carbonyl (C=O) groups is 2. The van der Waals surface area contributed by atoms with Crippen LogP contribution in [0.1, 0.15) is 39.5 Å². The van der Waals surface area contributed by atoms with Gasteiger partial charge in [-0.05, 0) is 38.3 Å². The Morgan fingerprint density at radius 1 is 1.39 bits per heavy atom. The molecular formula is C17H23FN2O3. The van der Waals surface area contributed by atoms with Crippen molar-refractivity contribution in [3.8, 4) is 5.75 Å². The van der Waals surface area contributed by atoms with E-state index in [4.69, 9.17) is 4.74 Å². The third-order valence-electron chi connectivity index (χ3n) is 3.84. The lowest BCUT2D eigenvalue weighted by atomic mass is 10.2. The molecule has 1 fully saturated rings. The summed E-state index contributed by atoms with van der Waals surface area (Å²) in [5.74, 6) is -0.369. The van der Waals surface area contributed by atoms with Gasteiger partial charge in [-0.3, -0.25) is 9.59 Å². The van der Waals surface area contributed by atoms with Crippen LogP contribution in [0.15, 0.2) is 18.2 Å². The quantitative estimate of drug-likeness (QED) is 0.876. The summed E-state index contributed by atoms with van der Waals surface area (Å²) in [4.78, 5) is 26.3. The van der Waals surface area contributed by atoms with Crippen molar-refractivity contribution in [2.45, 2.75) is 45.6 Å². The highest BCUT2D eigenvalue weighted by molar-refractivity contribution is 5.98. The van der Waals surface area contributed by atoms with Crippen LogP contribution in [0, 0.1) is 5.82 Å². The number of carbonyl (C=O) groups excluding carboxylic acids is 2. The molecule has 5 nitrogen and oxygen atoms in total. The molecule has 2 rings (SSSR count). The first-order chi connectivity index (χ1) is 11.1. The van der Waals surface area contributed by atoms with Crippen molar-refractivity contribution in [2.24, 2.45) is 0 Å². The van der Waals surface area contributed by atoms with Crippen molar-refractivity contribution < 1.29 is 18.7 Å². The Bertz CT molecular complexity index is 577. The maximum Gasteiger partial charge on any atom is 0.247 e. The largest absolute Gasteiger partial charge is 0.492 e. The predicted molar refractivity (Wildman–Crippen MR) is 85.8 cm³/mol. The fourth-order valence-corrected chi connectivity index (χ4v) is 2.79. The Morgan fingerprint density at radius 3 is 2.87 bits per heavy atom. The zero-order valence-electron chi connectivity index (χ0n) is 13.6. The van der Waals surface area contributed by atoms with Crippen LogP contribution in [0.2, 0.25) is 0 Å². The van der Waals surface area contributed by atoms with Crippen LogP contribution in [0.5, 0.6) is 5.75 Å². The molecule has 1 aromatic rings. The van der Waals surface area contributed by atoms with Gasteiger partial charge in [0.05, 0.1) is 12.3 Å². The fraction of sp³-hybridized carbons (Fsp3) is 0.529. The molecule has 1 atom stereocenters. The Kier molecular flexibility index (Phi) is 5.96. The van der Waals surface area contributed by atoms with E-state index < -0.39 is 11.9 Å². The molecule has 1 aliphatic heterocycles. The molecule has 23 heavy (non-hydrogen) atoms. The van der Waals surface area contributed by atoms with E-state index in [9.17, 15) is 14.0 Å². The predicted octanol–water partition coefficient (Wildman–Crippen LogP) is 2.95. The SMILES string of the molecule is CCCC(=O)N1CCCC1C(=O)Nc1ccc(F)cc1OCC. The van der Waals surface area contributed by atoms with E-state index in [2.05, 4.69) is 5.32 Å². The molecule has 0 aliphatic carbocycles. The van der Waals surface area contributed by atoms with Crippen LogP contribution < -0.4 is 10.1 Å². The zero-order chi connectivity index (χ0) is 16.8. The van der Waals surface area contributed by atoms with Gasteiger partial charge in [0.1, 0.15) is 17.6 Å². The molecule has 2 amide bonds. The van der Waals surface area contributed by atoms with Crippen LogP contribution in [0.4, 0.5) is 10.1 Å². The maximum atomic E-state index is 13.3. The van der Waals surface area contributed by atoms with Crippen molar-refractivity contribution in [2.75, 3.05) is 18.5 Å². The number of hydrogen-bond acceptors (Lipinski definition) is 3. The van der Waals surface area contributed by atoms with Gasteiger partial charge in [-0.15, -0.1) is 0 Å². The molecule has 1 N–H and O–H groups in total. The van der Waals surface area contributed by atoms with Gasteiger partial charge < -0.3 is 15.0 Å². The number of rotatable bonds is 6. The van der Waals surface area contributed by atoms with Crippen molar-refractivity contribution in [1.82, 2.24) is 4.90 Å². The van der Waals surface area contributed by atoms with Crippen LogP contribution in [-0.4, -0.2) is 35.9 Å². The second kappa shape index (κ2) is 7.94. The smallest absolute Gasteiger partial charge is 0.247 e. The number of ether oxygens (including phenoxy) is 1. The van der Waals surface area contributed by atoms with Gasteiger partial charge in [0.15, 0.2) is 0 Å². The molecule has 0 aromatic heterocycles. The molecule has 6 heteroatoms. The molecule has 1 aliphatic rings. The van der Waals surface area contributed by atoms with E-state index in [1.807, 2.05) is 6.92 Å². The van der Waals surface area contributed by atoms with Gasteiger partial charge in [0.25, 0.3) is 0 Å². The lowest BCUT2D eigenvalue weighted by molar-refractivity contribution is -0.136. The molecule has 0 bridgehead atoms. The number of nitrogens with zero attached hydrogens (tertiary/aromatic N) is 1. The van der Waals surface area contributed by atoms with Crippen molar-refractivity contribution in [3.63, 3.8) is 0 Å². The number of hydrogen-bond donors (Lipinski definition) is 1. The Balaban J connectivity index is 2.10. The number of nitrogens with one attached hydrogen (secondary N) is 1. The average molecular weight is 322 g/mol. The summed E-state index contributed by atoms with van der Waals surface area (Å²) in [6, 6.07) is 3.53. The topological polar surface area (TPSA) is 58.6 Å². The second-order valence-electron chi connectivity index (χ2n) is 5.56. The first-order valence-electron chi connectivity index (χ1n) is 8.09. The minimum atomic E-state index is -0.464. The second-order valence-corrected chi connectivity index (χ2v) is 5.56. The summed E-state index contributed by atoms with van der Waals surface area (Å²) < 4.78 is 18.7. The van der Waals surface area contributed by atoms with Crippen LogP contribution in [0.25, 0.3) is 0 Å². The van der Waals surface area contributed by atoms with Crippen LogP contribution in [-0.2, 0) is 9.59 Å². The number of likely N-dealkylation sites (tertiary alicyclic amines) is 1. The molecule has 1 unspecified atom stereocenters. The summed E-state index contributed by atoms with van der Waals surface area (Å²) in [5.41, 5.74) is 0.424. The molecule has 1 saturated heterocycles. The fourth-order valence-electron chi connectivity index (χ4n) is 2.79. The molecule has 0 radical (unpaired) electrons. The van der Waals surface area contributed by atoms with E-state index in [1.54, 1.807) is 11.8 Å².